The molecule has 0 amide bonds. The number of halogens is 1. The van der Waals surface area contributed by atoms with Gasteiger partial charge < -0.3 is 10.2 Å². The molecular weight excluding hydrogens is 244 g/mol. The second kappa shape index (κ2) is 5.94. The van der Waals surface area contributed by atoms with E-state index in [1.807, 2.05) is 6.07 Å². The maximum absolute atomic E-state index is 6.11. The summed E-state index contributed by atoms with van der Waals surface area (Å²) in [6.07, 6.45) is 2.63. The van der Waals surface area contributed by atoms with E-state index >= 15 is 0 Å². The zero-order valence-electron chi connectivity index (χ0n) is 11.5. The Kier molecular flexibility index (Phi) is 4.52. The molecule has 1 fully saturated rings. The van der Waals surface area contributed by atoms with Gasteiger partial charge in [0.15, 0.2) is 0 Å². The predicted molar refractivity (Wildman–Crippen MR) is 79.4 cm³/mol. The Morgan fingerprint density at radius 3 is 2.72 bits per heavy atom. The summed E-state index contributed by atoms with van der Waals surface area (Å²) in [4.78, 5) is 2.32. The van der Waals surface area contributed by atoms with Gasteiger partial charge in [0.25, 0.3) is 0 Å². The SMILES string of the molecule is CC(C)CN(C)c1ccc(Cl)cc1CNC1CC1. The Balaban J connectivity index is 2.10. The fraction of sp³-hybridized carbons (Fsp3) is 0.600. The Morgan fingerprint density at radius 2 is 2.11 bits per heavy atom. The minimum Gasteiger partial charge on any atom is -0.374 e. The van der Waals surface area contributed by atoms with Crippen molar-refractivity contribution in [2.45, 2.75) is 39.3 Å². The molecule has 1 aromatic carbocycles. The van der Waals surface area contributed by atoms with Gasteiger partial charge in [-0.05, 0) is 42.5 Å². The highest BCUT2D eigenvalue weighted by atomic mass is 35.5. The van der Waals surface area contributed by atoms with Crippen LogP contribution in [0.2, 0.25) is 5.02 Å². The molecule has 0 bridgehead atoms. The van der Waals surface area contributed by atoms with Crippen LogP contribution in [-0.2, 0) is 6.54 Å². The topological polar surface area (TPSA) is 15.3 Å². The first-order valence-electron chi connectivity index (χ1n) is 6.79. The molecule has 0 atom stereocenters. The number of benzene rings is 1. The molecule has 1 aromatic rings. The highest BCUT2D eigenvalue weighted by Crippen LogP contribution is 2.26. The van der Waals surface area contributed by atoms with Gasteiger partial charge >= 0.3 is 0 Å². The molecule has 0 aliphatic heterocycles. The van der Waals surface area contributed by atoms with E-state index in [0.29, 0.717) is 5.92 Å². The van der Waals surface area contributed by atoms with Crippen molar-refractivity contribution in [1.29, 1.82) is 0 Å². The van der Waals surface area contributed by atoms with E-state index in [1.165, 1.54) is 24.1 Å². The normalized spacial score (nSPS) is 15.2. The van der Waals surface area contributed by atoms with Gasteiger partial charge in [-0.1, -0.05) is 25.4 Å². The smallest absolute Gasteiger partial charge is 0.0410 e. The van der Waals surface area contributed by atoms with E-state index in [1.54, 1.807) is 0 Å². The molecule has 1 aliphatic carbocycles. The standard InChI is InChI=1S/C15H23ClN2/c1-11(2)10-18(3)15-7-4-13(16)8-12(15)9-17-14-5-6-14/h4,7-8,11,14,17H,5-6,9-10H2,1-3H3. The van der Waals surface area contributed by atoms with E-state index in [2.05, 4.69) is 43.2 Å². The van der Waals surface area contributed by atoms with Crippen molar-refractivity contribution in [3.05, 3.63) is 28.8 Å². The maximum atomic E-state index is 6.11. The molecule has 0 aromatic heterocycles. The van der Waals surface area contributed by atoms with E-state index in [4.69, 9.17) is 11.6 Å². The Bertz CT molecular complexity index is 399. The van der Waals surface area contributed by atoms with Crippen molar-refractivity contribution in [3.63, 3.8) is 0 Å². The van der Waals surface area contributed by atoms with Crippen molar-refractivity contribution >= 4 is 17.3 Å². The molecule has 3 heteroatoms. The fourth-order valence-corrected chi connectivity index (χ4v) is 2.45. The lowest BCUT2D eigenvalue weighted by molar-refractivity contribution is 0.632. The van der Waals surface area contributed by atoms with Crippen LogP contribution < -0.4 is 10.2 Å². The van der Waals surface area contributed by atoms with Crippen molar-refractivity contribution in [2.24, 2.45) is 5.92 Å². The van der Waals surface area contributed by atoms with Gasteiger partial charge in [0.1, 0.15) is 0 Å². The molecule has 0 saturated heterocycles. The number of rotatable bonds is 6. The summed E-state index contributed by atoms with van der Waals surface area (Å²) in [5.41, 5.74) is 2.60. The van der Waals surface area contributed by atoms with E-state index in [-0.39, 0.29) is 0 Å². The lowest BCUT2D eigenvalue weighted by Crippen LogP contribution is -2.25. The van der Waals surface area contributed by atoms with Crippen LogP contribution in [0.1, 0.15) is 32.3 Å². The van der Waals surface area contributed by atoms with Crippen LogP contribution >= 0.6 is 11.6 Å². The zero-order chi connectivity index (χ0) is 13.1. The van der Waals surface area contributed by atoms with Crippen LogP contribution in [0, 0.1) is 5.92 Å². The summed E-state index contributed by atoms with van der Waals surface area (Å²) in [5, 5.41) is 4.39. The quantitative estimate of drug-likeness (QED) is 0.845. The van der Waals surface area contributed by atoms with Crippen LogP contribution in [-0.4, -0.2) is 19.6 Å². The lowest BCUT2D eigenvalue weighted by atomic mass is 10.1. The van der Waals surface area contributed by atoms with Gasteiger partial charge in [-0.2, -0.15) is 0 Å². The third-order valence-corrected chi connectivity index (χ3v) is 3.49. The molecular formula is C15H23ClN2. The number of hydrogen-bond acceptors (Lipinski definition) is 2. The molecule has 1 N–H and O–H groups in total. The first-order chi connectivity index (χ1) is 8.56. The highest BCUT2D eigenvalue weighted by Gasteiger charge is 2.21. The van der Waals surface area contributed by atoms with Crippen LogP contribution in [0.4, 0.5) is 5.69 Å². The Hall–Kier alpha value is -0.730. The number of anilines is 1. The second-order valence-electron chi connectivity index (χ2n) is 5.70. The van der Waals surface area contributed by atoms with E-state index in [9.17, 15) is 0 Å². The van der Waals surface area contributed by atoms with Gasteiger partial charge in [-0.15, -0.1) is 0 Å². The largest absolute Gasteiger partial charge is 0.374 e. The maximum Gasteiger partial charge on any atom is 0.0410 e. The van der Waals surface area contributed by atoms with Gasteiger partial charge in [0, 0.05) is 36.9 Å². The number of nitrogens with one attached hydrogen (secondary N) is 1. The van der Waals surface area contributed by atoms with Gasteiger partial charge in [0.2, 0.25) is 0 Å². The molecule has 2 rings (SSSR count). The molecule has 2 nitrogen and oxygen atoms in total. The predicted octanol–water partition coefficient (Wildman–Crippen LogP) is 3.68. The minimum absolute atomic E-state index is 0.662. The number of nitrogens with zero attached hydrogens (tertiary/aromatic N) is 1. The zero-order valence-corrected chi connectivity index (χ0v) is 12.3. The molecule has 1 saturated carbocycles. The van der Waals surface area contributed by atoms with Crippen LogP contribution in [0.15, 0.2) is 18.2 Å². The molecule has 0 radical (unpaired) electrons. The highest BCUT2D eigenvalue weighted by molar-refractivity contribution is 6.30. The van der Waals surface area contributed by atoms with Crippen molar-refractivity contribution < 1.29 is 0 Å². The summed E-state index contributed by atoms with van der Waals surface area (Å²) in [6.45, 7) is 6.48. The van der Waals surface area contributed by atoms with Gasteiger partial charge in [-0.3, -0.25) is 0 Å². The molecule has 0 unspecified atom stereocenters. The van der Waals surface area contributed by atoms with Crippen molar-refractivity contribution in [3.8, 4) is 0 Å². The summed E-state index contributed by atoms with van der Waals surface area (Å²) >= 11 is 6.11. The van der Waals surface area contributed by atoms with Crippen molar-refractivity contribution in [2.75, 3.05) is 18.5 Å². The first-order valence-corrected chi connectivity index (χ1v) is 7.17. The monoisotopic (exact) mass is 266 g/mol. The first kappa shape index (κ1) is 13.7. The summed E-state index contributed by atoms with van der Waals surface area (Å²) < 4.78 is 0. The number of hydrogen-bond donors (Lipinski definition) is 1. The molecule has 0 heterocycles. The molecule has 0 spiro atoms. The van der Waals surface area contributed by atoms with E-state index in [0.717, 1.165) is 24.2 Å². The lowest BCUT2D eigenvalue weighted by Gasteiger charge is -2.24. The average molecular weight is 267 g/mol. The third kappa shape index (κ3) is 3.89. The average Bonchev–Trinajstić information content (AvgIpc) is 3.09. The third-order valence-electron chi connectivity index (χ3n) is 3.25. The summed E-state index contributed by atoms with van der Waals surface area (Å²) in [6, 6.07) is 6.93. The second-order valence-corrected chi connectivity index (χ2v) is 6.14. The fourth-order valence-electron chi connectivity index (χ4n) is 2.26. The Morgan fingerprint density at radius 1 is 1.39 bits per heavy atom. The molecule has 100 valence electrons. The van der Waals surface area contributed by atoms with E-state index < -0.39 is 0 Å². The summed E-state index contributed by atoms with van der Waals surface area (Å²) in [5.74, 6) is 0.662. The van der Waals surface area contributed by atoms with Gasteiger partial charge in [0.05, 0.1) is 0 Å². The van der Waals surface area contributed by atoms with Gasteiger partial charge in [-0.25, -0.2) is 0 Å². The van der Waals surface area contributed by atoms with Crippen LogP contribution in [0.25, 0.3) is 0 Å². The molecule has 1 aliphatic rings. The Labute approximate surface area is 115 Å². The van der Waals surface area contributed by atoms with Crippen molar-refractivity contribution in [1.82, 2.24) is 5.32 Å². The van der Waals surface area contributed by atoms with Crippen LogP contribution in [0.3, 0.4) is 0 Å². The minimum atomic E-state index is 0.662. The van der Waals surface area contributed by atoms with Crippen LogP contribution in [0.5, 0.6) is 0 Å². The summed E-state index contributed by atoms with van der Waals surface area (Å²) in [7, 11) is 2.16. The molecule has 18 heavy (non-hydrogen) atoms.